The fraction of sp³-hybridized carbons (Fsp3) is 0.500. The molecule has 1 rings (SSSR count). The second-order valence-corrected chi connectivity index (χ2v) is 8.52. The fourth-order valence-corrected chi connectivity index (χ4v) is 3.33. The zero-order chi connectivity index (χ0) is 13.3. The van der Waals surface area contributed by atoms with Crippen molar-refractivity contribution in [2.24, 2.45) is 0 Å². The number of aromatic nitrogens is 1. The molecule has 1 atom stereocenters. The highest BCUT2D eigenvalue weighted by molar-refractivity contribution is 8.36. The van der Waals surface area contributed by atoms with Crippen LogP contribution in [0, 0.1) is 0 Å². The van der Waals surface area contributed by atoms with Gasteiger partial charge in [-0.25, -0.2) is 14.7 Å². The predicted molar refractivity (Wildman–Crippen MR) is 63.5 cm³/mol. The van der Waals surface area contributed by atoms with E-state index in [1.807, 2.05) is 0 Å². The van der Waals surface area contributed by atoms with Crippen LogP contribution in [0.5, 0.6) is 0 Å². The van der Waals surface area contributed by atoms with Gasteiger partial charge in [-0.3, -0.25) is 0 Å². The molecule has 0 bridgehead atoms. The van der Waals surface area contributed by atoms with E-state index in [2.05, 4.69) is 10.3 Å². The maximum Gasteiger partial charge on any atom is 0.475 e. The Hall–Kier alpha value is -1.19. The van der Waals surface area contributed by atoms with Crippen LogP contribution in [0.1, 0.15) is 20.8 Å². The number of rotatable bonds is 2. The monoisotopic (exact) mass is 281 g/mol. The van der Waals surface area contributed by atoms with Gasteiger partial charge in [-0.15, -0.1) is 8.42 Å². The molecule has 0 aliphatic rings. The molecule has 0 aliphatic heterocycles. The summed E-state index contributed by atoms with van der Waals surface area (Å²) in [5.74, 6) is 0. The van der Waals surface area contributed by atoms with Crippen molar-refractivity contribution in [3.63, 3.8) is 0 Å². The van der Waals surface area contributed by atoms with Gasteiger partial charge in [0.25, 0.3) is 0 Å². The van der Waals surface area contributed by atoms with Gasteiger partial charge in [0, 0.05) is 0 Å². The smallest absolute Gasteiger partial charge is 0.443 e. The predicted octanol–water partition coefficient (Wildman–Crippen LogP) is 1.83. The van der Waals surface area contributed by atoms with Crippen LogP contribution in [0.3, 0.4) is 0 Å². The Labute approximate surface area is 101 Å². The second-order valence-electron chi connectivity index (χ2n) is 4.07. The van der Waals surface area contributed by atoms with Gasteiger partial charge >= 0.3 is 20.4 Å². The van der Waals surface area contributed by atoms with Gasteiger partial charge in [0.05, 0.1) is 6.20 Å². The molecule has 0 spiro atoms. The average molecular weight is 281 g/mol. The Morgan fingerprint density at radius 3 is 2.59 bits per heavy atom. The molecule has 1 heterocycles. The van der Waals surface area contributed by atoms with Crippen molar-refractivity contribution in [1.82, 2.24) is 4.98 Å². The zero-order valence-corrected chi connectivity index (χ0v) is 11.1. The van der Waals surface area contributed by atoms with Gasteiger partial charge in [-0.2, -0.15) is 4.98 Å². The number of thiazole rings is 1. The number of hydrogen-bond acceptors (Lipinski definition) is 5. The Kier molecular flexibility index (Phi) is 3.74. The Morgan fingerprint density at radius 2 is 2.12 bits per heavy atom. The number of hydrogen-bond donors (Lipinski definition) is 2. The summed E-state index contributed by atoms with van der Waals surface area (Å²) in [6.45, 7) is 5.01. The molecule has 7 nitrogen and oxygen atoms in total. The molecular weight excluding hydrogens is 268 g/mol. The lowest BCUT2D eigenvalue weighted by atomic mass is 10.2. The number of carbonyl (C=O) groups is 1. The van der Waals surface area contributed by atoms with Gasteiger partial charge in [-0.1, -0.05) is 0 Å². The summed E-state index contributed by atoms with van der Waals surface area (Å²) >= 11 is 0. The lowest BCUT2D eigenvalue weighted by molar-refractivity contribution is 0.0636. The van der Waals surface area contributed by atoms with Gasteiger partial charge in [0.2, 0.25) is 0 Å². The highest BCUT2D eigenvalue weighted by atomic mass is 33.2. The number of amides is 1. The molecule has 1 amide bonds. The van der Waals surface area contributed by atoms with Gasteiger partial charge in [0.15, 0.2) is 14.9 Å². The van der Waals surface area contributed by atoms with E-state index in [1.165, 1.54) is 11.6 Å². The van der Waals surface area contributed by atoms with Crippen molar-refractivity contribution in [3.05, 3.63) is 11.6 Å². The van der Waals surface area contributed by atoms with Crippen LogP contribution < -0.4 is 5.32 Å². The van der Waals surface area contributed by atoms with E-state index >= 15 is 0 Å². The normalized spacial score (nSPS) is 13.3. The Morgan fingerprint density at radius 1 is 1.53 bits per heavy atom. The SMILES string of the molecule is CC(C)(C)OC(=O)Nc1ncc[s+]1S(=O)(=O)O. The molecule has 0 aliphatic carbocycles. The van der Waals surface area contributed by atoms with Gasteiger partial charge in [0.1, 0.15) is 5.60 Å². The quantitative estimate of drug-likeness (QED) is 0.486. The van der Waals surface area contributed by atoms with Crippen LogP contribution in [0.15, 0.2) is 11.6 Å². The van der Waals surface area contributed by atoms with Crippen LogP contribution in [0.25, 0.3) is 0 Å². The van der Waals surface area contributed by atoms with Gasteiger partial charge < -0.3 is 4.74 Å². The molecule has 1 aromatic heterocycles. The van der Waals surface area contributed by atoms with E-state index < -0.39 is 30.3 Å². The lowest BCUT2D eigenvalue weighted by Gasteiger charge is -2.18. The first-order chi connectivity index (χ1) is 7.59. The molecule has 2 N–H and O–H groups in total. The zero-order valence-electron chi connectivity index (χ0n) is 9.50. The van der Waals surface area contributed by atoms with E-state index in [-0.39, 0.29) is 5.13 Å². The van der Waals surface area contributed by atoms with E-state index in [1.54, 1.807) is 20.8 Å². The third-order valence-electron chi connectivity index (χ3n) is 1.40. The summed E-state index contributed by atoms with van der Waals surface area (Å²) < 4.78 is 35.7. The van der Waals surface area contributed by atoms with Crippen molar-refractivity contribution in [2.45, 2.75) is 26.4 Å². The summed E-state index contributed by atoms with van der Waals surface area (Å²) in [7, 11) is -5.95. The summed E-state index contributed by atoms with van der Waals surface area (Å²) in [5.41, 5.74) is -0.701. The first kappa shape index (κ1) is 13.9. The van der Waals surface area contributed by atoms with Crippen molar-refractivity contribution in [3.8, 4) is 0 Å². The van der Waals surface area contributed by atoms with Crippen LogP contribution in [0.4, 0.5) is 9.93 Å². The molecule has 1 aromatic rings. The van der Waals surface area contributed by atoms with Crippen molar-refractivity contribution in [2.75, 3.05) is 5.32 Å². The minimum absolute atomic E-state index is 0.151. The summed E-state index contributed by atoms with van der Waals surface area (Å²) in [6, 6.07) is 0. The Balaban J connectivity index is 2.84. The molecule has 0 saturated carbocycles. The van der Waals surface area contributed by atoms with E-state index in [0.29, 0.717) is 0 Å². The number of anilines is 1. The number of carbonyl (C=O) groups excluding carboxylic acids is 1. The van der Waals surface area contributed by atoms with Crippen molar-refractivity contribution < 1.29 is 22.5 Å². The minimum atomic E-state index is -4.30. The van der Waals surface area contributed by atoms with Crippen LogP contribution >= 0.6 is 9.50 Å². The van der Waals surface area contributed by atoms with Crippen LogP contribution in [-0.4, -0.2) is 29.6 Å². The van der Waals surface area contributed by atoms with Crippen molar-refractivity contribution in [1.29, 1.82) is 0 Å². The fourth-order valence-electron chi connectivity index (χ4n) is 0.913. The highest BCUT2D eigenvalue weighted by Crippen LogP contribution is 2.32. The topological polar surface area (TPSA) is 106 Å². The molecule has 17 heavy (non-hydrogen) atoms. The summed E-state index contributed by atoms with van der Waals surface area (Å²) in [4.78, 5) is 15.0. The molecule has 0 saturated heterocycles. The number of nitrogens with one attached hydrogen (secondary N) is 1. The molecule has 0 fully saturated rings. The average Bonchev–Trinajstić information content (AvgIpc) is 2.46. The Bertz CT molecular complexity index is 514. The number of ether oxygens (including phenoxy) is 1. The summed E-state index contributed by atoms with van der Waals surface area (Å²) in [6.07, 6.45) is 0.380. The van der Waals surface area contributed by atoms with Crippen LogP contribution in [-0.2, 0) is 13.9 Å². The molecule has 9 heteroatoms. The van der Waals surface area contributed by atoms with E-state index in [9.17, 15) is 13.2 Å². The standard InChI is InChI=1S/C8H12N2O5S2/c1-8(2,3)15-7(11)10-6-9-4-5-16(6)17(12,13)14/h4-5H,1-3H3,(H-,9,10,11,12,13,14)/p+1. The first-order valence-electron chi connectivity index (χ1n) is 4.55. The van der Waals surface area contributed by atoms with Gasteiger partial charge in [-0.05, 0) is 20.8 Å². The molecular formula is C8H13N2O5S2+. The molecule has 0 radical (unpaired) electrons. The first-order valence-corrected chi connectivity index (χ1v) is 7.79. The third kappa shape index (κ3) is 4.29. The maximum atomic E-state index is 11.4. The van der Waals surface area contributed by atoms with Crippen LogP contribution in [0.2, 0.25) is 0 Å². The van der Waals surface area contributed by atoms with Crippen molar-refractivity contribution >= 4 is 29.9 Å². The second kappa shape index (κ2) is 4.59. The summed E-state index contributed by atoms with van der Waals surface area (Å²) in [5, 5.41) is 3.22. The molecule has 96 valence electrons. The lowest BCUT2D eigenvalue weighted by Crippen LogP contribution is -2.27. The minimum Gasteiger partial charge on any atom is -0.443 e. The third-order valence-corrected chi connectivity index (χ3v) is 4.98. The van der Waals surface area contributed by atoms with E-state index in [0.717, 1.165) is 0 Å². The number of nitrogens with zero attached hydrogens (tertiary/aromatic N) is 1. The molecule has 1 unspecified atom stereocenters. The largest absolute Gasteiger partial charge is 0.475 e. The molecule has 0 aromatic carbocycles. The maximum absolute atomic E-state index is 11.4. The highest BCUT2D eigenvalue weighted by Gasteiger charge is 2.31. The van der Waals surface area contributed by atoms with E-state index in [4.69, 9.17) is 9.29 Å².